The molecule has 0 aromatic carbocycles. The predicted octanol–water partition coefficient (Wildman–Crippen LogP) is 1.54. The lowest BCUT2D eigenvalue weighted by atomic mass is 9.98. The van der Waals surface area contributed by atoms with E-state index in [0.717, 1.165) is 12.1 Å². The van der Waals surface area contributed by atoms with Crippen molar-refractivity contribution < 1.29 is 4.84 Å². The zero-order chi connectivity index (χ0) is 10.1. The molecule has 0 spiro atoms. The molecule has 0 aromatic heterocycles. The molecule has 2 rings (SSSR count). The fourth-order valence-electron chi connectivity index (χ4n) is 3.27. The first kappa shape index (κ1) is 10.4. The fraction of sp³-hybridized carbons (Fsp3) is 1.00. The van der Waals surface area contributed by atoms with Gasteiger partial charge in [-0.05, 0) is 39.5 Å². The summed E-state index contributed by atoms with van der Waals surface area (Å²) < 4.78 is 0. The molecular weight excluding hydrogens is 176 g/mol. The van der Waals surface area contributed by atoms with Crippen molar-refractivity contribution in [3.05, 3.63) is 0 Å². The Hall–Kier alpha value is -0.120. The maximum Gasteiger partial charge on any atom is 0.0820 e. The molecule has 2 aliphatic heterocycles. The quantitative estimate of drug-likeness (QED) is 0.696. The fourth-order valence-corrected chi connectivity index (χ4v) is 3.27. The van der Waals surface area contributed by atoms with Crippen LogP contribution in [0.3, 0.4) is 0 Å². The van der Waals surface area contributed by atoms with Crippen LogP contribution in [0.15, 0.2) is 0 Å². The molecule has 2 fully saturated rings. The van der Waals surface area contributed by atoms with E-state index in [1.165, 1.54) is 25.7 Å². The molecule has 2 heterocycles. The van der Waals surface area contributed by atoms with Gasteiger partial charge in [0.05, 0.1) is 6.10 Å². The Morgan fingerprint density at radius 1 is 1.21 bits per heavy atom. The second kappa shape index (κ2) is 4.17. The van der Waals surface area contributed by atoms with Crippen molar-refractivity contribution in [1.82, 2.24) is 10.4 Å². The number of piperidine rings is 1. The highest BCUT2D eigenvalue weighted by atomic mass is 16.7. The van der Waals surface area contributed by atoms with Gasteiger partial charge in [0.2, 0.25) is 0 Å². The van der Waals surface area contributed by atoms with Crippen molar-refractivity contribution in [3.8, 4) is 0 Å². The molecular formula is C11H22N2O. The maximum absolute atomic E-state index is 5.52. The van der Waals surface area contributed by atoms with Crippen molar-refractivity contribution in [2.75, 3.05) is 7.05 Å². The first-order valence-corrected chi connectivity index (χ1v) is 5.82. The summed E-state index contributed by atoms with van der Waals surface area (Å²) in [4.78, 5) is 8.21. The van der Waals surface area contributed by atoms with E-state index in [-0.39, 0.29) is 0 Å². The van der Waals surface area contributed by atoms with Gasteiger partial charge in [0.15, 0.2) is 0 Å². The van der Waals surface area contributed by atoms with E-state index < -0.39 is 0 Å². The van der Waals surface area contributed by atoms with Gasteiger partial charge >= 0.3 is 0 Å². The lowest BCUT2D eigenvalue weighted by molar-refractivity contribution is -0.0681. The Bertz CT molecular complexity index is 182. The SMILES string of the molecule is CNOC1C[C@H]2CC[C@@H](C1)N2C(C)C. The van der Waals surface area contributed by atoms with Gasteiger partial charge in [0.25, 0.3) is 0 Å². The van der Waals surface area contributed by atoms with E-state index in [2.05, 4.69) is 24.2 Å². The molecule has 14 heavy (non-hydrogen) atoms. The third kappa shape index (κ3) is 1.81. The van der Waals surface area contributed by atoms with E-state index >= 15 is 0 Å². The average molecular weight is 198 g/mol. The molecule has 1 N–H and O–H groups in total. The molecule has 1 unspecified atom stereocenters. The Kier molecular flexibility index (Phi) is 3.10. The highest BCUT2D eigenvalue weighted by molar-refractivity contribution is 4.96. The molecule has 0 aliphatic carbocycles. The van der Waals surface area contributed by atoms with Crippen molar-refractivity contribution in [3.63, 3.8) is 0 Å². The van der Waals surface area contributed by atoms with Gasteiger partial charge in [0.1, 0.15) is 0 Å². The summed E-state index contributed by atoms with van der Waals surface area (Å²) in [5, 5.41) is 0. The molecule has 0 amide bonds. The zero-order valence-electron chi connectivity index (χ0n) is 9.49. The van der Waals surface area contributed by atoms with Crippen LogP contribution in [0.25, 0.3) is 0 Å². The van der Waals surface area contributed by atoms with Crippen LogP contribution in [0.1, 0.15) is 39.5 Å². The second-order valence-electron chi connectivity index (χ2n) is 4.84. The van der Waals surface area contributed by atoms with E-state index in [0.29, 0.717) is 12.1 Å². The minimum Gasteiger partial charge on any atom is -0.299 e. The highest BCUT2D eigenvalue weighted by Crippen LogP contribution is 2.37. The summed E-state index contributed by atoms with van der Waals surface area (Å²) in [7, 11) is 1.86. The van der Waals surface area contributed by atoms with E-state index in [9.17, 15) is 0 Å². The Morgan fingerprint density at radius 3 is 2.21 bits per heavy atom. The van der Waals surface area contributed by atoms with E-state index in [1.54, 1.807) is 0 Å². The molecule has 2 saturated heterocycles. The number of hydroxylamine groups is 1. The van der Waals surface area contributed by atoms with Gasteiger partial charge in [-0.1, -0.05) is 0 Å². The molecule has 0 aromatic rings. The molecule has 0 radical (unpaired) electrons. The van der Waals surface area contributed by atoms with Crippen LogP contribution in [0.2, 0.25) is 0 Å². The van der Waals surface area contributed by atoms with Gasteiger partial charge in [-0.3, -0.25) is 9.74 Å². The molecule has 3 heteroatoms. The van der Waals surface area contributed by atoms with E-state index in [4.69, 9.17) is 4.84 Å². The van der Waals surface area contributed by atoms with Crippen molar-refractivity contribution in [2.24, 2.45) is 0 Å². The van der Waals surface area contributed by atoms with E-state index in [1.807, 2.05) is 7.05 Å². The van der Waals surface area contributed by atoms with Crippen LogP contribution in [-0.2, 0) is 4.84 Å². The van der Waals surface area contributed by atoms with Crippen LogP contribution in [0.5, 0.6) is 0 Å². The third-order valence-electron chi connectivity index (χ3n) is 3.63. The van der Waals surface area contributed by atoms with Gasteiger partial charge in [-0.15, -0.1) is 0 Å². The lowest BCUT2D eigenvalue weighted by Gasteiger charge is -2.40. The molecule has 2 aliphatic rings. The number of hydrogen-bond donors (Lipinski definition) is 1. The van der Waals surface area contributed by atoms with Gasteiger partial charge in [-0.25, -0.2) is 5.48 Å². The molecule has 0 saturated carbocycles. The lowest BCUT2D eigenvalue weighted by Crippen LogP contribution is -2.49. The third-order valence-corrected chi connectivity index (χ3v) is 3.63. The van der Waals surface area contributed by atoms with Crippen molar-refractivity contribution in [1.29, 1.82) is 0 Å². The van der Waals surface area contributed by atoms with Gasteiger partial charge in [0, 0.05) is 25.2 Å². The Labute approximate surface area is 86.8 Å². The van der Waals surface area contributed by atoms with Crippen LogP contribution in [0.4, 0.5) is 0 Å². The summed E-state index contributed by atoms with van der Waals surface area (Å²) >= 11 is 0. The smallest absolute Gasteiger partial charge is 0.0820 e. The predicted molar refractivity (Wildman–Crippen MR) is 57.0 cm³/mol. The Balaban J connectivity index is 1.97. The van der Waals surface area contributed by atoms with Crippen LogP contribution in [0, 0.1) is 0 Å². The summed E-state index contributed by atoms with van der Waals surface area (Å²) in [6.07, 6.45) is 5.58. The number of nitrogens with zero attached hydrogens (tertiary/aromatic N) is 1. The number of hydrogen-bond acceptors (Lipinski definition) is 3. The van der Waals surface area contributed by atoms with Gasteiger partial charge in [-0.2, -0.15) is 0 Å². The number of rotatable bonds is 3. The topological polar surface area (TPSA) is 24.5 Å². The maximum atomic E-state index is 5.52. The Morgan fingerprint density at radius 2 is 1.79 bits per heavy atom. The summed E-state index contributed by atoms with van der Waals surface area (Å²) in [5.41, 5.74) is 2.83. The molecule has 82 valence electrons. The normalized spacial score (nSPS) is 38.1. The standard InChI is InChI=1S/C11H22N2O/c1-8(2)13-9-4-5-10(13)7-11(6-9)14-12-3/h8-12H,4-7H2,1-3H3/t9-,10+,11?. The summed E-state index contributed by atoms with van der Waals surface area (Å²) in [6.45, 7) is 4.62. The first-order chi connectivity index (χ1) is 6.72. The molecule has 3 nitrogen and oxygen atoms in total. The number of fused-ring (bicyclic) bond motifs is 2. The van der Waals surface area contributed by atoms with Gasteiger partial charge < -0.3 is 0 Å². The highest BCUT2D eigenvalue weighted by Gasteiger charge is 2.42. The van der Waals surface area contributed by atoms with Crippen molar-refractivity contribution >= 4 is 0 Å². The number of nitrogens with one attached hydrogen (secondary N) is 1. The van der Waals surface area contributed by atoms with Crippen LogP contribution >= 0.6 is 0 Å². The second-order valence-corrected chi connectivity index (χ2v) is 4.84. The van der Waals surface area contributed by atoms with Crippen molar-refractivity contribution in [2.45, 2.75) is 63.8 Å². The molecule has 3 atom stereocenters. The van der Waals surface area contributed by atoms with Crippen LogP contribution < -0.4 is 5.48 Å². The average Bonchev–Trinajstić information content (AvgIpc) is 2.39. The largest absolute Gasteiger partial charge is 0.299 e. The summed E-state index contributed by atoms with van der Waals surface area (Å²) in [5.74, 6) is 0. The summed E-state index contributed by atoms with van der Waals surface area (Å²) in [6, 6.07) is 2.24. The monoisotopic (exact) mass is 198 g/mol. The minimum absolute atomic E-state index is 0.437. The zero-order valence-corrected chi connectivity index (χ0v) is 9.49. The minimum atomic E-state index is 0.437. The first-order valence-electron chi connectivity index (χ1n) is 5.82. The van der Waals surface area contributed by atoms with Crippen LogP contribution in [-0.4, -0.2) is 36.2 Å². The molecule has 2 bridgehead atoms.